The standard InChI is InChI=1S/C6H10N4/c1-5-2-3-6-7-8-9-10(6)4-5/h5H,2-4H2,1H3. The van der Waals surface area contributed by atoms with E-state index in [4.69, 9.17) is 0 Å². The first-order valence-electron chi connectivity index (χ1n) is 3.61. The van der Waals surface area contributed by atoms with Gasteiger partial charge in [0.25, 0.3) is 0 Å². The molecule has 0 saturated carbocycles. The van der Waals surface area contributed by atoms with Gasteiger partial charge in [0, 0.05) is 13.0 Å². The zero-order valence-electron chi connectivity index (χ0n) is 5.99. The Morgan fingerprint density at radius 3 is 3.40 bits per heavy atom. The third kappa shape index (κ3) is 0.798. The number of nitrogens with zero attached hydrogens (tertiary/aromatic N) is 4. The summed E-state index contributed by atoms with van der Waals surface area (Å²) in [6, 6.07) is 0. The van der Waals surface area contributed by atoms with Gasteiger partial charge in [-0.05, 0) is 22.8 Å². The second-order valence-electron chi connectivity index (χ2n) is 2.92. The predicted octanol–water partition coefficient (Wildman–Crippen LogP) is 0.255. The predicted molar refractivity (Wildman–Crippen MR) is 35.3 cm³/mol. The molecule has 1 aliphatic rings. The van der Waals surface area contributed by atoms with Gasteiger partial charge in [0.15, 0.2) is 5.82 Å². The highest BCUT2D eigenvalue weighted by atomic mass is 15.5. The highest BCUT2D eigenvalue weighted by molar-refractivity contribution is 4.85. The number of aromatic nitrogens is 4. The summed E-state index contributed by atoms with van der Waals surface area (Å²) in [5, 5.41) is 11.4. The van der Waals surface area contributed by atoms with Crippen molar-refractivity contribution in [1.29, 1.82) is 0 Å². The van der Waals surface area contributed by atoms with Crippen LogP contribution in [0.2, 0.25) is 0 Å². The summed E-state index contributed by atoms with van der Waals surface area (Å²) in [5.41, 5.74) is 0. The molecule has 54 valence electrons. The van der Waals surface area contributed by atoms with Gasteiger partial charge in [-0.1, -0.05) is 6.92 Å². The SMILES string of the molecule is CC1CCc2nnnn2C1. The summed E-state index contributed by atoms with van der Waals surface area (Å²) < 4.78 is 1.90. The van der Waals surface area contributed by atoms with E-state index >= 15 is 0 Å². The molecule has 1 aliphatic heterocycles. The molecule has 0 amide bonds. The Morgan fingerprint density at radius 2 is 2.50 bits per heavy atom. The molecule has 0 aliphatic carbocycles. The van der Waals surface area contributed by atoms with Gasteiger partial charge in [0.2, 0.25) is 0 Å². The van der Waals surface area contributed by atoms with Crippen LogP contribution < -0.4 is 0 Å². The van der Waals surface area contributed by atoms with E-state index in [1.807, 2.05) is 4.68 Å². The molecule has 0 fully saturated rings. The number of hydrogen-bond donors (Lipinski definition) is 0. The Balaban J connectivity index is 2.30. The van der Waals surface area contributed by atoms with E-state index in [0.29, 0.717) is 0 Å². The van der Waals surface area contributed by atoms with Crippen LogP contribution in [0.1, 0.15) is 19.2 Å². The molecule has 4 heteroatoms. The maximum atomic E-state index is 3.89. The normalized spacial score (nSPS) is 24.3. The lowest BCUT2D eigenvalue weighted by atomic mass is 10.0. The molecule has 2 heterocycles. The highest BCUT2D eigenvalue weighted by Gasteiger charge is 2.16. The van der Waals surface area contributed by atoms with Crippen molar-refractivity contribution in [3.05, 3.63) is 5.82 Å². The van der Waals surface area contributed by atoms with Crippen molar-refractivity contribution in [2.75, 3.05) is 0 Å². The van der Waals surface area contributed by atoms with Gasteiger partial charge < -0.3 is 0 Å². The fourth-order valence-corrected chi connectivity index (χ4v) is 1.31. The third-order valence-corrected chi connectivity index (χ3v) is 1.95. The van der Waals surface area contributed by atoms with Crippen molar-refractivity contribution in [3.63, 3.8) is 0 Å². The number of hydrogen-bond acceptors (Lipinski definition) is 3. The van der Waals surface area contributed by atoms with Crippen molar-refractivity contribution in [3.8, 4) is 0 Å². The van der Waals surface area contributed by atoms with E-state index in [-0.39, 0.29) is 0 Å². The minimum absolute atomic E-state index is 0.732. The van der Waals surface area contributed by atoms with Crippen molar-refractivity contribution >= 4 is 0 Å². The van der Waals surface area contributed by atoms with Crippen molar-refractivity contribution in [2.24, 2.45) is 5.92 Å². The van der Waals surface area contributed by atoms with E-state index in [9.17, 15) is 0 Å². The monoisotopic (exact) mass is 138 g/mol. The summed E-state index contributed by atoms with van der Waals surface area (Å²) in [7, 11) is 0. The molecule has 1 aromatic heterocycles. The number of tetrazole rings is 1. The van der Waals surface area contributed by atoms with E-state index in [0.717, 1.165) is 24.7 Å². The maximum absolute atomic E-state index is 3.89. The van der Waals surface area contributed by atoms with Crippen LogP contribution in [0.15, 0.2) is 0 Å². The smallest absolute Gasteiger partial charge is 0.151 e. The molecule has 1 unspecified atom stereocenters. The van der Waals surface area contributed by atoms with Crippen LogP contribution in [0.25, 0.3) is 0 Å². The van der Waals surface area contributed by atoms with Crippen LogP contribution >= 0.6 is 0 Å². The second-order valence-corrected chi connectivity index (χ2v) is 2.92. The molecule has 2 rings (SSSR count). The van der Waals surface area contributed by atoms with Crippen LogP contribution in [0.4, 0.5) is 0 Å². The van der Waals surface area contributed by atoms with E-state index in [1.165, 1.54) is 6.42 Å². The molecule has 10 heavy (non-hydrogen) atoms. The minimum atomic E-state index is 0.732. The lowest BCUT2D eigenvalue weighted by molar-refractivity contribution is 0.365. The summed E-state index contributed by atoms with van der Waals surface area (Å²) in [6.45, 7) is 3.22. The second kappa shape index (κ2) is 2.04. The van der Waals surface area contributed by atoms with Gasteiger partial charge >= 0.3 is 0 Å². The topological polar surface area (TPSA) is 43.6 Å². The van der Waals surface area contributed by atoms with Gasteiger partial charge in [-0.2, -0.15) is 0 Å². The first kappa shape index (κ1) is 5.82. The zero-order valence-corrected chi connectivity index (χ0v) is 5.99. The molecule has 0 bridgehead atoms. The Hall–Kier alpha value is -0.930. The van der Waals surface area contributed by atoms with E-state index in [1.54, 1.807) is 0 Å². The molecule has 1 aromatic rings. The molecule has 0 N–H and O–H groups in total. The molecule has 1 atom stereocenters. The Bertz CT molecular complexity index is 229. The average molecular weight is 138 g/mol. The summed E-state index contributed by atoms with van der Waals surface area (Å²) in [6.07, 6.45) is 2.26. The van der Waals surface area contributed by atoms with Crippen LogP contribution in [-0.4, -0.2) is 20.2 Å². The molecule has 0 aromatic carbocycles. The highest BCUT2D eigenvalue weighted by Crippen LogP contribution is 2.15. The van der Waals surface area contributed by atoms with Crippen molar-refractivity contribution in [2.45, 2.75) is 26.3 Å². The van der Waals surface area contributed by atoms with Crippen LogP contribution in [0.5, 0.6) is 0 Å². The first-order chi connectivity index (χ1) is 4.86. The van der Waals surface area contributed by atoms with Gasteiger partial charge in [-0.25, -0.2) is 4.68 Å². The van der Waals surface area contributed by atoms with Gasteiger partial charge in [-0.3, -0.25) is 0 Å². The molecule has 0 radical (unpaired) electrons. The largest absolute Gasteiger partial charge is 0.229 e. The van der Waals surface area contributed by atoms with Gasteiger partial charge in [0.1, 0.15) is 0 Å². The summed E-state index contributed by atoms with van der Waals surface area (Å²) >= 11 is 0. The number of rotatable bonds is 0. The maximum Gasteiger partial charge on any atom is 0.151 e. The molecule has 0 spiro atoms. The minimum Gasteiger partial charge on any atom is -0.229 e. The zero-order chi connectivity index (χ0) is 6.97. The van der Waals surface area contributed by atoms with Crippen molar-refractivity contribution in [1.82, 2.24) is 20.2 Å². The van der Waals surface area contributed by atoms with Crippen LogP contribution in [-0.2, 0) is 13.0 Å². The van der Waals surface area contributed by atoms with Crippen molar-refractivity contribution < 1.29 is 0 Å². The quantitative estimate of drug-likeness (QED) is 0.516. The lowest BCUT2D eigenvalue weighted by Gasteiger charge is -2.16. The molecule has 4 nitrogen and oxygen atoms in total. The number of fused-ring (bicyclic) bond motifs is 1. The summed E-state index contributed by atoms with van der Waals surface area (Å²) in [4.78, 5) is 0. The Labute approximate surface area is 59.2 Å². The van der Waals surface area contributed by atoms with Gasteiger partial charge in [-0.15, -0.1) is 5.10 Å². The molecular formula is C6H10N4. The summed E-state index contributed by atoms with van der Waals surface area (Å²) in [5.74, 6) is 1.77. The molecular weight excluding hydrogens is 128 g/mol. The molecule has 0 saturated heterocycles. The fraction of sp³-hybridized carbons (Fsp3) is 0.833. The van der Waals surface area contributed by atoms with Crippen LogP contribution in [0, 0.1) is 5.92 Å². The fourth-order valence-electron chi connectivity index (χ4n) is 1.31. The first-order valence-corrected chi connectivity index (χ1v) is 3.61. The average Bonchev–Trinajstić information content (AvgIpc) is 2.33. The van der Waals surface area contributed by atoms with Gasteiger partial charge in [0.05, 0.1) is 0 Å². The number of aryl methyl sites for hydroxylation is 1. The van der Waals surface area contributed by atoms with E-state index < -0.39 is 0 Å². The Kier molecular flexibility index (Phi) is 1.19. The van der Waals surface area contributed by atoms with Crippen LogP contribution in [0.3, 0.4) is 0 Å². The van der Waals surface area contributed by atoms with E-state index in [2.05, 4.69) is 22.4 Å². The Morgan fingerprint density at radius 1 is 1.60 bits per heavy atom. The lowest BCUT2D eigenvalue weighted by Crippen LogP contribution is -2.18. The third-order valence-electron chi connectivity index (χ3n) is 1.95.